The van der Waals surface area contributed by atoms with Gasteiger partial charge in [-0.05, 0) is 18.6 Å². The maximum absolute atomic E-state index is 13.9. The highest BCUT2D eigenvalue weighted by molar-refractivity contribution is 7.92. The third kappa shape index (κ3) is 2.94. The van der Waals surface area contributed by atoms with Gasteiger partial charge in [0.15, 0.2) is 0 Å². The number of rotatable bonds is 4. The van der Waals surface area contributed by atoms with Crippen LogP contribution in [0.4, 0.5) is 10.1 Å². The van der Waals surface area contributed by atoms with Crippen molar-refractivity contribution >= 4 is 26.6 Å². The van der Waals surface area contributed by atoms with E-state index in [-0.39, 0.29) is 11.4 Å². The number of fused-ring (bicyclic) bond motifs is 1. The van der Waals surface area contributed by atoms with Crippen LogP contribution in [0.1, 0.15) is 17.2 Å². The number of H-pyrrole nitrogens is 1. The first kappa shape index (κ1) is 17.5. The number of halogens is 1. The summed E-state index contributed by atoms with van der Waals surface area (Å²) in [6.45, 7) is 2.47. The number of aryl methyl sites for hydroxylation is 1. The van der Waals surface area contributed by atoms with E-state index in [2.05, 4.69) is 26.2 Å². The summed E-state index contributed by atoms with van der Waals surface area (Å²) in [5.41, 5.74) is 2.17. The van der Waals surface area contributed by atoms with Crippen molar-refractivity contribution in [3.8, 4) is 6.07 Å². The molecule has 0 unspecified atom stereocenters. The largest absolute Gasteiger partial charge is 0.358 e. The minimum absolute atomic E-state index is 0.0533. The molecule has 1 saturated heterocycles. The molecule has 2 aromatic heterocycles. The first-order valence-electron chi connectivity index (χ1n) is 8.33. The fraction of sp³-hybridized carbons (Fsp3) is 0.294. The Labute approximate surface area is 155 Å². The fourth-order valence-electron chi connectivity index (χ4n) is 3.33. The lowest BCUT2D eigenvalue weighted by molar-refractivity contribution is 0.269. The number of hydrogen-bond acceptors (Lipinski definition) is 5. The van der Waals surface area contributed by atoms with Gasteiger partial charge in [-0.2, -0.15) is 10.4 Å². The van der Waals surface area contributed by atoms with Crippen molar-refractivity contribution < 1.29 is 12.8 Å². The number of nitrogens with zero attached hydrogens (tertiary/aromatic N) is 3. The van der Waals surface area contributed by atoms with Gasteiger partial charge in [0.25, 0.3) is 10.0 Å². The summed E-state index contributed by atoms with van der Waals surface area (Å²) < 4.78 is 43.2. The summed E-state index contributed by atoms with van der Waals surface area (Å²) in [5.74, 6) is 0. The standard InChI is InChI=1S/C17H17FN6O2S/c1-10-2-3-14(17-16(10)11(4-19)5-21-17)23-27(25,26)12-6-22-24(9-12)15-8-20-7-13(15)18/h2-3,5-6,9,13,15,20-21,23H,7-8H2,1H3/t13-,15+/m1/s1. The molecule has 3 heterocycles. The molecular weight excluding hydrogens is 371 g/mol. The van der Waals surface area contributed by atoms with Gasteiger partial charge in [-0.3, -0.25) is 9.40 Å². The van der Waals surface area contributed by atoms with Crippen molar-refractivity contribution in [2.75, 3.05) is 17.8 Å². The zero-order valence-corrected chi connectivity index (χ0v) is 15.2. The summed E-state index contributed by atoms with van der Waals surface area (Å²) in [7, 11) is -3.92. The number of nitrogens with one attached hydrogen (secondary N) is 3. The predicted octanol–water partition coefficient (Wildman–Crippen LogP) is 1.83. The molecule has 1 fully saturated rings. The zero-order chi connectivity index (χ0) is 19.2. The molecule has 10 heteroatoms. The molecule has 1 aliphatic rings. The Hall–Kier alpha value is -2.90. The van der Waals surface area contributed by atoms with Gasteiger partial charge in [0.1, 0.15) is 17.1 Å². The summed E-state index contributed by atoms with van der Waals surface area (Å²) >= 11 is 0. The quantitative estimate of drug-likeness (QED) is 0.631. The molecule has 0 spiro atoms. The van der Waals surface area contributed by atoms with Crippen molar-refractivity contribution in [2.24, 2.45) is 0 Å². The monoisotopic (exact) mass is 388 g/mol. The molecule has 0 saturated carbocycles. The van der Waals surface area contributed by atoms with E-state index >= 15 is 0 Å². The highest BCUT2D eigenvalue weighted by Gasteiger charge is 2.30. The zero-order valence-electron chi connectivity index (χ0n) is 14.4. The lowest BCUT2D eigenvalue weighted by atomic mass is 10.1. The molecule has 0 bridgehead atoms. The van der Waals surface area contributed by atoms with Crippen LogP contribution in [0.3, 0.4) is 0 Å². The molecule has 0 aliphatic carbocycles. The van der Waals surface area contributed by atoms with Gasteiger partial charge in [0.05, 0.1) is 29.0 Å². The second-order valence-corrected chi connectivity index (χ2v) is 8.18. The molecule has 2 atom stereocenters. The summed E-state index contributed by atoms with van der Waals surface area (Å²) in [5, 5.41) is 16.8. The van der Waals surface area contributed by atoms with Crippen LogP contribution in [0.5, 0.6) is 0 Å². The maximum Gasteiger partial charge on any atom is 0.265 e. The molecule has 8 nitrogen and oxygen atoms in total. The second kappa shape index (κ2) is 6.37. The van der Waals surface area contributed by atoms with Gasteiger partial charge in [0, 0.05) is 30.9 Å². The third-order valence-electron chi connectivity index (χ3n) is 4.75. The average molecular weight is 388 g/mol. The molecule has 3 aromatic rings. The molecule has 1 aromatic carbocycles. The van der Waals surface area contributed by atoms with E-state index in [1.807, 2.05) is 6.92 Å². The van der Waals surface area contributed by atoms with Crippen molar-refractivity contribution in [1.82, 2.24) is 20.1 Å². The Kier molecular flexibility index (Phi) is 4.13. The van der Waals surface area contributed by atoms with Gasteiger partial charge in [0.2, 0.25) is 0 Å². The number of benzene rings is 1. The summed E-state index contributed by atoms with van der Waals surface area (Å²) in [6.07, 6.45) is 2.96. The summed E-state index contributed by atoms with van der Waals surface area (Å²) in [6, 6.07) is 4.94. The second-order valence-electron chi connectivity index (χ2n) is 6.50. The number of sulfonamides is 1. The van der Waals surface area contributed by atoms with Gasteiger partial charge in [-0.25, -0.2) is 12.8 Å². The number of alkyl halides is 1. The van der Waals surface area contributed by atoms with E-state index in [4.69, 9.17) is 0 Å². The Morgan fingerprint density at radius 2 is 2.22 bits per heavy atom. The molecule has 4 rings (SSSR count). The van der Waals surface area contributed by atoms with E-state index in [1.54, 1.807) is 18.3 Å². The van der Waals surface area contributed by atoms with Gasteiger partial charge in [-0.15, -0.1) is 0 Å². The molecule has 27 heavy (non-hydrogen) atoms. The number of nitriles is 1. The Morgan fingerprint density at radius 3 is 2.93 bits per heavy atom. The Morgan fingerprint density at radius 1 is 1.41 bits per heavy atom. The first-order valence-corrected chi connectivity index (χ1v) is 9.81. The van der Waals surface area contributed by atoms with Crippen LogP contribution in [0.25, 0.3) is 10.9 Å². The van der Waals surface area contributed by atoms with Gasteiger partial charge >= 0.3 is 0 Å². The predicted molar refractivity (Wildman–Crippen MR) is 97.6 cm³/mol. The van der Waals surface area contributed by atoms with E-state index < -0.39 is 22.2 Å². The molecular formula is C17H17FN6O2S. The van der Waals surface area contributed by atoms with Crippen LogP contribution in [0.2, 0.25) is 0 Å². The van der Waals surface area contributed by atoms with Crippen LogP contribution in [-0.2, 0) is 10.0 Å². The minimum atomic E-state index is -3.92. The molecule has 140 valence electrons. The van der Waals surface area contributed by atoms with Crippen molar-refractivity contribution in [3.05, 3.63) is 41.9 Å². The normalized spacial score (nSPS) is 20.0. The first-order chi connectivity index (χ1) is 12.9. The smallest absolute Gasteiger partial charge is 0.265 e. The number of hydrogen-bond donors (Lipinski definition) is 3. The lowest BCUT2D eigenvalue weighted by Gasteiger charge is -2.12. The van der Waals surface area contributed by atoms with E-state index in [1.165, 1.54) is 17.1 Å². The molecule has 1 aliphatic heterocycles. The lowest BCUT2D eigenvalue weighted by Crippen LogP contribution is -2.19. The topological polar surface area (TPSA) is 116 Å². The molecule has 0 radical (unpaired) electrons. The van der Waals surface area contributed by atoms with Crippen LogP contribution >= 0.6 is 0 Å². The fourth-order valence-corrected chi connectivity index (χ4v) is 4.34. The van der Waals surface area contributed by atoms with Crippen LogP contribution in [-0.4, -0.2) is 42.4 Å². The number of aromatic nitrogens is 3. The van der Waals surface area contributed by atoms with Gasteiger partial charge in [-0.1, -0.05) is 6.07 Å². The summed E-state index contributed by atoms with van der Waals surface area (Å²) in [4.78, 5) is 2.90. The van der Waals surface area contributed by atoms with E-state index in [0.29, 0.717) is 28.7 Å². The van der Waals surface area contributed by atoms with Crippen LogP contribution in [0.15, 0.2) is 35.6 Å². The van der Waals surface area contributed by atoms with E-state index in [0.717, 1.165) is 5.56 Å². The van der Waals surface area contributed by atoms with Gasteiger partial charge < -0.3 is 10.3 Å². The highest BCUT2D eigenvalue weighted by Crippen LogP contribution is 2.30. The number of anilines is 1. The number of aromatic amines is 1. The van der Waals surface area contributed by atoms with Crippen LogP contribution in [0, 0.1) is 18.3 Å². The average Bonchev–Trinajstić information content (AvgIpc) is 3.35. The van der Waals surface area contributed by atoms with E-state index in [9.17, 15) is 18.1 Å². The maximum atomic E-state index is 13.9. The third-order valence-corrected chi connectivity index (χ3v) is 6.07. The molecule has 0 amide bonds. The van der Waals surface area contributed by atoms with Crippen molar-refractivity contribution in [3.63, 3.8) is 0 Å². The van der Waals surface area contributed by atoms with Crippen molar-refractivity contribution in [2.45, 2.75) is 24.0 Å². The highest BCUT2D eigenvalue weighted by atomic mass is 32.2. The van der Waals surface area contributed by atoms with Crippen LogP contribution < -0.4 is 10.0 Å². The minimum Gasteiger partial charge on any atom is -0.358 e. The van der Waals surface area contributed by atoms with Crippen molar-refractivity contribution in [1.29, 1.82) is 5.26 Å². The molecule has 3 N–H and O–H groups in total. The Bertz CT molecular complexity index is 1160. The SMILES string of the molecule is Cc1ccc(NS(=O)(=O)c2cnn([C@H]3CNC[C@H]3F)c2)c2[nH]cc(C#N)c12. The Balaban J connectivity index is 1.68.